The minimum Gasteiger partial charge on any atom is -0.481 e. The molecule has 29 heavy (non-hydrogen) atoms. The van der Waals surface area contributed by atoms with E-state index in [1.54, 1.807) is 0 Å². The number of rotatable bonds is 5. The predicted molar refractivity (Wildman–Crippen MR) is 107 cm³/mol. The zero-order chi connectivity index (χ0) is 20.9. The normalized spacial score (nSPS) is 29.3. The molecule has 2 aliphatic rings. The molecule has 2 aliphatic heterocycles. The molecule has 0 aliphatic carbocycles. The van der Waals surface area contributed by atoms with E-state index in [1.165, 1.54) is 9.13 Å². The Hall–Kier alpha value is -1.28. The molecule has 3 unspecified atom stereocenters. The molecule has 2 saturated heterocycles. The van der Waals surface area contributed by atoms with Gasteiger partial charge in [0.15, 0.2) is 22.1 Å². The quantitative estimate of drug-likeness (QED) is 0.255. The molecule has 0 amide bonds. The standard InChI is InChI=1S/C14H17BrN5O7PS/c15-13-17-7-10(18-14(16)19(11(7)24)3-1-2-6(21)22)20(13)12-8(23)9-5(26-12)4-25-28(29)27-9/h5,8-9,12,23,29H,1-4H2,(H2,16,18)(H,21,22)/t5?,8?,9-,12-,28?/m1/s1. The number of anilines is 1. The van der Waals surface area contributed by atoms with Crippen molar-refractivity contribution in [2.24, 2.45) is 0 Å². The summed E-state index contributed by atoms with van der Waals surface area (Å²) in [5, 5.41) is 19.5. The van der Waals surface area contributed by atoms with Crippen molar-refractivity contribution in [1.29, 1.82) is 0 Å². The second-order valence-electron chi connectivity index (χ2n) is 6.51. The highest BCUT2D eigenvalue weighted by Crippen LogP contribution is 2.52. The lowest BCUT2D eigenvalue weighted by atomic mass is 10.1. The van der Waals surface area contributed by atoms with Gasteiger partial charge in [0, 0.05) is 13.0 Å². The molecule has 0 aromatic carbocycles. The van der Waals surface area contributed by atoms with Crippen molar-refractivity contribution in [1.82, 2.24) is 19.1 Å². The number of ether oxygens (including phenoxy) is 1. The number of carboxylic acid groups (broad SMARTS) is 1. The Kier molecular flexibility index (Phi) is 5.86. The summed E-state index contributed by atoms with van der Waals surface area (Å²) < 4.78 is 19.6. The zero-order valence-electron chi connectivity index (χ0n) is 14.7. The number of aliphatic hydroxyl groups excluding tert-OH is 1. The van der Waals surface area contributed by atoms with E-state index in [0.717, 1.165) is 0 Å². The number of aliphatic carboxylic acids is 1. The van der Waals surface area contributed by atoms with Crippen LogP contribution in [0.4, 0.5) is 5.95 Å². The summed E-state index contributed by atoms with van der Waals surface area (Å²) in [6.07, 6.45) is -3.06. The third-order valence-corrected chi connectivity index (χ3v) is 6.67. The second-order valence-corrected chi connectivity index (χ2v) is 9.14. The maximum Gasteiger partial charge on any atom is 0.303 e. The van der Waals surface area contributed by atoms with E-state index in [2.05, 4.69) is 38.1 Å². The molecule has 2 fully saturated rings. The summed E-state index contributed by atoms with van der Waals surface area (Å²) in [5.41, 5.74) is 5.57. The smallest absolute Gasteiger partial charge is 0.303 e. The molecule has 0 spiro atoms. The predicted octanol–water partition coefficient (Wildman–Crippen LogP) is 0.633. The van der Waals surface area contributed by atoms with Gasteiger partial charge in [-0.3, -0.25) is 18.7 Å². The van der Waals surface area contributed by atoms with Crippen LogP contribution in [0.3, 0.4) is 0 Å². The van der Waals surface area contributed by atoms with Gasteiger partial charge in [-0.1, -0.05) is 12.2 Å². The van der Waals surface area contributed by atoms with Gasteiger partial charge < -0.3 is 29.7 Å². The van der Waals surface area contributed by atoms with Gasteiger partial charge in [0.05, 0.1) is 6.61 Å². The lowest BCUT2D eigenvalue weighted by Crippen LogP contribution is -2.37. The van der Waals surface area contributed by atoms with E-state index in [0.29, 0.717) is 0 Å². The molecule has 5 atom stereocenters. The molecular formula is C14H17BrN5O7PS. The molecule has 2 aromatic rings. The summed E-state index contributed by atoms with van der Waals surface area (Å²) in [5.74, 6) is -1.06. The summed E-state index contributed by atoms with van der Waals surface area (Å²) >= 11 is 7.45. The zero-order valence-corrected chi connectivity index (χ0v) is 18.1. The average molecular weight is 510 g/mol. The van der Waals surface area contributed by atoms with Crippen molar-refractivity contribution in [3.05, 3.63) is 15.1 Å². The average Bonchev–Trinajstić information content (AvgIpc) is 3.14. The van der Waals surface area contributed by atoms with Crippen molar-refractivity contribution in [2.45, 2.75) is 43.9 Å². The van der Waals surface area contributed by atoms with Crippen LogP contribution in [0.15, 0.2) is 9.53 Å². The molecule has 4 heterocycles. The summed E-state index contributed by atoms with van der Waals surface area (Å²) in [4.78, 5) is 32.0. The number of hydrogen-bond acceptors (Lipinski definition) is 10. The van der Waals surface area contributed by atoms with Crippen molar-refractivity contribution in [3.8, 4) is 0 Å². The monoisotopic (exact) mass is 509 g/mol. The Morgan fingerprint density at radius 2 is 2.21 bits per heavy atom. The minimum atomic E-state index is -1.41. The Morgan fingerprint density at radius 1 is 1.45 bits per heavy atom. The first-order valence-electron chi connectivity index (χ1n) is 8.55. The van der Waals surface area contributed by atoms with Crippen LogP contribution in [0.1, 0.15) is 19.1 Å². The number of halogens is 1. The van der Waals surface area contributed by atoms with Crippen LogP contribution in [0.25, 0.3) is 11.2 Å². The third kappa shape index (κ3) is 3.78. The summed E-state index contributed by atoms with van der Waals surface area (Å²) in [6.45, 7) is 0.303. The Labute approximate surface area is 178 Å². The third-order valence-electron chi connectivity index (χ3n) is 4.68. The first-order chi connectivity index (χ1) is 13.8. The van der Waals surface area contributed by atoms with Gasteiger partial charge in [-0.2, -0.15) is 4.98 Å². The number of imidazole rings is 1. The van der Waals surface area contributed by atoms with E-state index in [4.69, 9.17) is 24.6 Å². The fourth-order valence-corrected chi connectivity index (χ4v) is 5.23. The number of aliphatic hydroxyl groups is 1. The maximum atomic E-state index is 12.8. The van der Waals surface area contributed by atoms with Crippen molar-refractivity contribution in [3.63, 3.8) is 0 Å². The van der Waals surface area contributed by atoms with Crippen LogP contribution in [0.5, 0.6) is 0 Å². The highest BCUT2D eigenvalue weighted by Gasteiger charge is 2.50. The Morgan fingerprint density at radius 3 is 2.93 bits per heavy atom. The highest BCUT2D eigenvalue weighted by atomic mass is 79.9. The second kappa shape index (κ2) is 8.10. The van der Waals surface area contributed by atoms with E-state index < -0.39 is 43.6 Å². The summed E-state index contributed by atoms with van der Waals surface area (Å²) in [7, 11) is -1.41. The van der Waals surface area contributed by atoms with Gasteiger partial charge in [-0.15, -0.1) is 0 Å². The van der Waals surface area contributed by atoms with Gasteiger partial charge in [-0.25, -0.2) is 4.98 Å². The van der Waals surface area contributed by atoms with E-state index in [-0.39, 0.29) is 47.8 Å². The van der Waals surface area contributed by atoms with E-state index >= 15 is 0 Å². The number of carboxylic acids is 1. The molecule has 158 valence electrons. The SMILES string of the molecule is Nc1nc2c(nc(Br)n2[C@@H]2OC3COP(S)O[C@H]3C2O)c(=O)n1CCCC(=O)O. The van der Waals surface area contributed by atoms with Gasteiger partial charge in [0.1, 0.15) is 18.3 Å². The van der Waals surface area contributed by atoms with Gasteiger partial charge >= 0.3 is 5.97 Å². The largest absolute Gasteiger partial charge is 0.481 e. The van der Waals surface area contributed by atoms with E-state index in [9.17, 15) is 14.7 Å². The lowest BCUT2D eigenvalue weighted by Gasteiger charge is -2.28. The van der Waals surface area contributed by atoms with Crippen LogP contribution in [-0.4, -0.2) is 60.2 Å². The molecule has 0 bridgehead atoms. The fourth-order valence-electron chi connectivity index (χ4n) is 3.35. The first-order valence-corrected chi connectivity index (χ1v) is 11.7. The van der Waals surface area contributed by atoms with Crippen molar-refractivity contribution in [2.75, 3.05) is 12.3 Å². The van der Waals surface area contributed by atoms with Crippen LogP contribution in [0, 0.1) is 0 Å². The summed E-state index contributed by atoms with van der Waals surface area (Å²) in [6, 6.07) is 0. The van der Waals surface area contributed by atoms with Crippen LogP contribution < -0.4 is 11.3 Å². The fraction of sp³-hybridized carbons (Fsp3) is 0.571. The van der Waals surface area contributed by atoms with Gasteiger partial charge in [0.25, 0.3) is 5.56 Å². The van der Waals surface area contributed by atoms with Crippen LogP contribution in [0.2, 0.25) is 0 Å². The molecule has 2 aromatic heterocycles. The number of aromatic nitrogens is 4. The number of hydrogen-bond donors (Lipinski definition) is 4. The molecule has 0 radical (unpaired) electrons. The Balaban J connectivity index is 1.70. The van der Waals surface area contributed by atoms with E-state index in [1.807, 2.05) is 0 Å². The minimum absolute atomic E-state index is 0.0145. The number of nitrogens with two attached hydrogens (primary N) is 1. The molecule has 0 saturated carbocycles. The van der Waals surface area contributed by atoms with Crippen LogP contribution >= 0.6 is 35.8 Å². The number of fused-ring (bicyclic) bond motifs is 2. The molecular weight excluding hydrogens is 493 g/mol. The van der Waals surface area contributed by atoms with Gasteiger partial charge in [0.2, 0.25) is 13.5 Å². The Bertz CT molecular complexity index is 1020. The number of thiol groups is 1. The molecule has 15 heteroatoms. The highest BCUT2D eigenvalue weighted by molar-refractivity contribution is 9.10. The van der Waals surface area contributed by atoms with Gasteiger partial charge in [-0.05, 0) is 22.4 Å². The van der Waals surface area contributed by atoms with Crippen LogP contribution in [-0.2, 0) is 25.1 Å². The molecule has 4 rings (SSSR count). The lowest BCUT2D eigenvalue weighted by molar-refractivity contribution is -0.137. The topological polar surface area (TPSA) is 164 Å². The van der Waals surface area contributed by atoms with Crippen molar-refractivity contribution >= 4 is 58.8 Å². The number of carbonyl (C=O) groups is 1. The van der Waals surface area contributed by atoms with Crippen molar-refractivity contribution < 1.29 is 28.8 Å². The first kappa shape index (κ1) is 21.0. The number of nitrogens with zero attached hydrogens (tertiary/aromatic N) is 4. The molecule has 4 N–H and O–H groups in total. The maximum absolute atomic E-state index is 12.8. The molecule has 12 nitrogen and oxygen atoms in total. The number of nitrogen functional groups attached to an aromatic ring is 1.